The summed E-state index contributed by atoms with van der Waals surface area (Å²) < 4.78 is 0. The molecule has 4 nitrogen and oxygen atoms in total. The average molecular weight is 304 g/mol. The van der Waals surface area contributed by atoms with Crippen molar-refractivity contribution in [2.75, 3.05) is 6.54 Å². The van der Waals surface area contributed by atoms with Gasteiger partial charge in [-0.3, -0.25) is 9.59 Å². The fraction of sp³-hybridized carbons (Fsp3) is 0.556. The molecule has 0 aliphatic carbocycles. The van der Waals surface area contributed by atoms with E-state index in [9.17, 15) is 9.59 Å². The predicted molar refractivity (Wildman–Crippen MR) is 89.3 cm³/mol. The molecule has 0 unspecified atom stereocenters. The minimum Gasteiger partial charge on any atom is -0.370 e. The van der Waals surface area contributed by atoms with Gasteiger partial charge in [-0.2, -0.15) is 0 Å². The van der Waals surface area contributed by atoms with Crippen molar-refractivity contribution in [1.29, 1.82) is 0 Å². The number of amides is 2. The molecule has 4 heteroatoms. The molecule has 0 aliphatic heterocycles. The van der Waals surface area contributed by atoms with Crippen molar-refractivity contribution in [3.05, 3.63) is 35.9 Å². The Morgan fingerprint density at radius 3 is 2.09 bits per heavy atom. The zero-order valence-electron chi connectivity index (χ0n) is 13.4. The largest absolute Gasteiger partial charge is 0.370 e. The molecule has 2 amide bonds. The van der Waals surface area contributed by atoms with Crippen LogP contribution in [0.5, 0.6) is 0 Å². The van der Waals surface area contributed by atoms with Crippen LogP contribution in [0.1, 0.15) is 56.9 Å². The van der Waals surface area contributed by atoms with Gasteiger partial charge >= 0.3 is 0 Å². The van der Waals surface area contributed by atoms with Gasteiger partial charge < -0.3 is 11.1 Å². The molecular weight excluding hydrogens is 276 g/mol. The van der Waals surface area contributed by atoms with E-state index in [2.05, 4.69) is 5.32 Å². The van der Waals surface area contributed by atoms with Crippen molar-refractivity contribution in [3.63, 3.8) is 0 Å². The third kappa shape index (κ3) is 9.97. The minimum absolute atomic E-state index is 0.0950. The number of rotatable bonds is 12. The second-order valence-corrected chi connectivity index (χ2v) is 5.70. The van der Waals surface area contributed by atoms with Gasteiger partial charge in [0.15, 0.2) is 0 Å². The quantitative estimate of drug-likeness (QED) is 0.583. The zero-order valence-corrected chi connectivity index (χ0v) is 13.4. The second-order valence-electron chi connectivity index (χ2n) is 5.70. The van der Waals surface area contributed by atoms with Crippen LogP contribution in [0, 0.1) is 0 Å². The maximum absolute atomic E-state index is 11.7. The van der Waals surface area contributed by atoms with E-state index in [0.717, 1.165) is 44.2 Å². The molecule has 122 valence electrons. The Kier molecular flexibility index (Phi) is 9.75. The Morgan fingerprint density at radius 1 is 0.864 bits per heavy atom. The van der Waals surface area contributed by atoms with Crippen LogP contribution < -0.4 is 11.1 Å². The number of nitrogens with one attached hydrogen (secondary N) is 1. The van der Waals surface area contributed by atoms with Crippen LogP contribution >= 0.6 is 0 Å². The van der Waals surface area contributed by atoms with Gasteiger partial charge in [-0.15, -0.1) is 0 Å². The lowest BCUT2D eigenvalue weighted by atomic mass is 10.1. The Balaban J connectivity index is 1.89. The van der Waals surface area contributed by atoms with E-state index in [4.69, 9.17) is 5.73 Å². The number of benzene rings is 1. The molecular formula is C18H28N2O2. The number of primary amides is 1. The van der Waals surface area contributed by atoms with Crippen molar-refractivity contribution < 1.29 is 9.59 Å². The van der Waals surface area contributed by atoms with Gasteiger partial charge in [0.05, 0.1) is 6.42 Å². The summed E-state index contributed by atoms with van der Waals surface area (Å²) in [4.78, 5) is 22.3. The van der Waals surface area contributed by atoms with Crippen molar-refractivity contribution in [2.24, 2.45) is 5.73 Å². The second kappa shape index (κ2) is 11.8. The first kappa shape index (κ1) is 18.2. The first-order valence-electron chi connectivity index (χ1n) is 8.27. The number of nitrogens with two attached hydrogens (primary N) is 1. The summed E-state index contributed by atoms with van der Waals surface area (Å²) in [6.45, 7) is 0.757. The molecule has 0 saturated heterocycles. The van der Waals surface area contributed by atoms with Crippen LogP contribution in [-0.4, -0.2) is 18.4 Å². The van der Waals surface area contributed by atoms with Crippen LogP contribution in [0.25, 0.3) is 0 Å². The number of unbranched alkanes of at least 4 members (excludes halogenated alkanes) is 6. The van der Waals surface area contributed by atoms with Crippen LogP contribution in [0.2, 0.25) is 0 Å². The summed E-state index contributed by atoms with van der Waals surface area (Å²) in [5.74, 6) is -0.108. The van der Waals surface area contributed by atoms with Crippen molar-refractivity contribution in [3.8, 4) is 0 Å². The van der Waals surface area contributed by atoms with E-state index in [1.165, 1.54) is 12.8 Å². The third-order valence-corrected chi connectivity index (χ3v) is 3.63. The number of carbonyl (C=O) groups is 2. The molecule has 0 atom stereocenters. The highest BCUT2D eigenvalue weighted by atomic mass is 16.1. The standard InChI is InChI=1S/C18H28N2O2/c19-17(21)13-9-4-2-1-3-5-10-14-20-18(22)15-16-11-7-6-8-12-16/h6-8,11-12H,1-5,9-10,13-15H2,(H2,19,21)(H,20,22). The van der Waals surface area contributed by atoms with Crippen molar-refractivity contribution in [1.82, 2.24) is 5.32 Å². The summed E-state index contributed by atoms with van der Waals surface area (Å²) >= 11 is 0. The summed E-state index contributed by atoms with van der Waals surface area (Å²) in [6, 6.07) is 9.79. The minimum atomic E-state index is -0.203. The highest BCUT2D eigenvalue weighted by Crippen LogP contribution is 2.08. The summed E-state index contributed by atoms with van der Waals surface area (Å²) in [6.07, 6.45) is 8.66. The molecule has 0 aromatic heterocycles. The molecule has 1 rings (SSSR count). The molecule has 0 aliphatic rings. The van der Waals surface area contributed by atoms with Gasteiger partial charge in [0.2, 0.25) is 11.8 Å². The van der Waals surface area contributed by atoms with Gasteiger partial charge in [0.1, 0.15) is 0 Å². The van der Waals surface area contributed by atoms with Crippen LogP contribution in [0.4, 0.5) is 0 Å². The van der Waals surface area contributed by atoms with Gasteiger partial charge in [-0.25, -0.2) is 0 Å². The molecule has 3 N–H and O–H groups in total. The van der Waals surface area contributed by atoms with E-state index in [1.54, 1.807) is 0 Å². The average Bonchev–Trinajstić information content (AvgIpc) is 2.50. The molecule has 0 saturated carbocycles. The van der Waals surface area contributed by atoms with E-state index in [0.29, 0.717) is 12.8 Å². The number of carbonyl (C=O) groups excluding carboxylic acids is 2. The maximum atomic E-state index is 11.7. The summed E-state index contributed by atoms with van der Waals surface area (Å²) in [7, 11) is 0. The Labute approximate surface area is 133 Å². The molecule has 0 heterocycles. The highest BCUT2D eigenvalue weighted by molar-refractivity contribution is 5.78. The molecule has 1 aromatic rings. The SMILES string of the molecule is NC(=O)CCCCCCCCCNC(=O)Cc1ccccc1. The molecule has 0 radical (unpaired) electrons. The Morgan fingerprint density at radius 2 is 1.45 bits per heavy atom. The molecule has 0 bridgehead atoms. The van der Waals surface area contributed by atoms with E-state index < -0.39 is 0 Å². The van der Waals surface area contributed by atoms with Crippen LogP contribution in [0.15, 0.2) is 30.3 Å². The van der Waals surface area contributed by atoms with Gasteiger partial charge in [-0.1, -0.05) is 62.4 Å². The normalized spacial score (nSPS) is 10.4. The molecule has 0 fully saturated rings. The first-order valence-corrected chi connectivity index (χ1v) is 8.27. The lowest BCUT2D eigenvalue weighted by Gasteiger charge is -2.05. The third-order valence-electron chi connectivity index (χ3n) is 3.63. The monoisotopic (exact) mass is 304 g/mol. The van der Waals surface area contributed by atoms with Gasteiger partial charge in [0.25, 0.3) is 0 Å². The maximum Gasteiger partial charge on any atom is 0.224 e. The predicted octanol–water partition coefficient (Wildman–Crippen LogP) is 2.95. The fourth-order valence-corrected chi connectivity index (χ4v) is 2.38. The van der Waals surface area contributed by atoms with E-state index in [1.807, 2.05) is 30.3 Å². The van der Waals surface area contributed by atoms with E-state index >= 15 is 0 Å². The lowest BCUT2D eigenvalue weighted by molar-refractivity contribution is -0.120. The first-order chi connectivity index (χ1) is 10.7. The van der Waals surface area contributed by atoms with E-state index in [-0.39, 0.29) is 11.8 Å². The molecule has 1 aromatic carbocycles. The zero-order chi connectivity index (χ0) is 16.0. The fourth-order valence-electron chi connectivity index (χ4n) is 2.38. The number of hydrogen-bond donors (Lipinski definition) is 2. The number of hydrogen-bond acceptors (Lipinski definition) is 2. The van der Waals surface area contributed by atoms with Crippen molar-refractivity contribution >= 4 is 11.8 Å². The summed E-state index contributed by atoms with van der Waals surface area (Å²) in [5, 5.41) is 2.96. The Bertz CT molecular complexity index is 432. The topological polar surface area (TPSA) is 72.2 Å². The van der Waals surface area contributed by atoms with Crippen LogP contribution in [-0.2, 0) is 16.0 Å². The highest BCUT2D eigenvalue weighted by Gasteiger charge is 2.01. The molecule has 22 heavy (non-hydrogen) atoms. The Hall–Kier alpha value is -1.84. The van der Waals surface area contributed by atoms with Crippen LogP contribution in [0.3, 0.4) is 0 Å². The van der Waals surface area contributed by atoms with Gasteiger partial charge in [-0.05, 0) is 18.4 Å². The smallest absolute Gasteiger partial charge is 0.224 e. The molecule has 0 spiro atoms. The van der Waals surface area contributed by atoms with Gasteiger partial charge in [0, 0.05) is 13.0 Å². The summed E-state index contributed by atoms with van der Waals surface area (Å²) in [5.41, 5.74) is 6.14. The van der Waals surface area contributed by atoms with Crippen molar-refractivity contribution in [2.45, 2.75) is 57.8 Å². The lowest BCUT2D eigenvalue weighted by Crippen LogP contribution is -2.26.